The molecule has 5 heteroatoms. The maximum absolute atomic E-state index is 10.3. The molecule has 4 nitrogen and oxygen atoms in total. The molecule has 0 aliphatic heterocycles. The number of aliphatic hydroxyl groups is 1. The first-order valence-corrected chi connectivity index (χ1v) is 8.67. The quantitative estimate of drug-likeness (QED) is 0.689. The number of thiazole rings is 1. The minimum Gasteiger partial charge on any atom is -0.497 e. The summed E-state index contributed by atoms with van der Waals surface area (Å²) in [5.74, 6) is 0.749. The molecule has 0 spiro atoms. The van der Waals surface area contributed by atoms with Gasteiger partial charge < -0.3 is 15.2 Å². The molecule has 0 aliphatic carbocycles. The standard InChI is InChI=1S/C19H20N2O2S/c1-23-17-9-5-8-15(10-17)18(22)12-20-11-16-13-24-19(21-16)14-6-3-2-4-7-14/h2-10,13,18,20,22H,11-12H2,1H3. The number of aliphatic hydroxyl groups excluding tert-OH is 1. The zero-order valence-electron chi connectivity index (χ0n) is 13.5. The molecule has 0 saturated carbocycles. The molecule has 3 rings (SSSR count). The van der Waals surface area contributed by atoms with Crippen LogP contribution in [0.4, 0.5) is 0 Å². The van der Waals surface area contributed by atoms with Crippen LogP contribution >= 0.6 is 11.3 Å². The van der Waals surface area contributed by atoms with Crippen LogP contribution in [0.1, 0.15) is 17.4 Å². The molecule has 0 bridgehead atoms. The van der Waals surface area contributed by atoms with Crippen molar-refractivity contribution in [2.24, 2.45) is 0 Å². The van der Waals surface area contributed by atoms with Crippen molar-refractivity contribution in [3.05, 3.63) is 71.2 Å². The fourth-order valence-corrected chi connectivity index (χ4v) is 3.23. The van der Waals surface area contributed by atoms with Gasteiger partial charge in [0.1, 0.15) is 10.8 Å². The number of nitrogens with zero attached hydrogens (tertiary/aromatic N) is 1. The first-order valence-electron chi connectivity index (χ1n) is 7.79. The Hall–Kier alpha value is -2.21. The Morgan fingerprint density at radius 3 is 2.79 bits per heavy atom. The predicted molar refractivity (Wildman–Crippen MR) is 97.2 cm³/mol. The third kappa shape index (κ3) is 4.20. The van der Waals surface area contributed by atoms with E-state index in [0.29, 0.717) is 13.1 Å². The SMILES string of the molecule is COc1cccc(C(O)CNCc2csc(-c3ccccc3)n2)c1. The highest BCUT2D eigenvalue weighted by molar-refractivity contribution is 7.13. The molecule has 1 aromatic heterocycles. The Morgan fingerprint density at radius 2 is 2.00 bits per heavy atom. The molecule has 0 radical (unpaired) electrons. The Bertz CT molecular complexity index is 774. The van der Waals surface area contributed by atoms with Gasteiger partial charge in [0, 0.05) is 24.0 Å². The second-order valence-corrected chi connectivity index (χ2v) is 6.29. The minimum atomic E-state index is -0.577. The summed E-state index contributed by atoms with van der Waals surface area (Å²) < 4.78 is 5.18. The van der Waals surface area contributed by atoms with Crippen LogP contribution in [0.15, 0.2) is 60.0 Å². The van der Waals surface area contributed by atoms with Crippen LogP contribution in [0.25, 0.3) is 10.6 Å². The summed E-state index contributed by atoms with van der Waals surface area (Å²) in [5, 5.41) is 16.6. The van der Waals surface area contributed by atoms with Crippen LogP contribution in [-0.2, 0) is 6.54 Å². The van der Waals surface area contributed by atoms with Crippen LogP contribution in [0.2, 0.25) is 0 Å². The summed E-state index contributed by atoms with van der Waals surface area (Å²) in [6.45, 7) is 1.09. The molecule has 2 N–H and O–H groups in total. The van der Waals surface area contributed by atoms with Gasteiger partial charge >= 0.3 is 0 Å². The second-order valence-electron chi connectivity index (χ2n) is 5.43. The lowest BCUT2D eigenvalue weighted by atomic mass is 10.1. The second kappa shape index (κ2) is 8.06. The average molecular weight is 340 g/mol. The van der Waals surface area contributed by atoms with E-state index in [9.17, 15) is 5.11 Å². The average Bonchev–Trinajstić information content (AvgIpc) is 3.11. The summed E-state index contributed by atoms with van der Waals surface area (Å²) in [4.78, 5) is 4.63. The van der Waals surface area contributed by atoms with Gasteiger partial charge in [-0.05, 0) is 17.7 Å². The van der Waals surface area contributed by atoms with Crippen LogP contribution < -0.4 is 10.1 Å². The number of rotatable bonds is 7. The van der Waals surface area contributed by atoms with E-state index in [0.717, 1.165) is 27.6 Å². The molecule has 1 unspecified atom stereocenters. The van der Waals surface area contributed by atoms with Crippen LogP contribution in [0, 0.1) is 0 Å². The number of benzene rings is 2. The molecule has 2 aromatic carbocycles. The predicted octanol–water partition coefficient (Wildman–Crippen LogP) is 3.64. The normalized spacial score (nSPS) is 12.1. The van der Waals surface area contributed by atoms with E-state index in [1.165, 1.54) is 0 Å². The number of hydrogen-bond acceptors (Lipinski definition) is 5. The molecule has 24 heavy (non-hydrogen) atoms. The van der Waals surface area contributed by atoms with Crippen molar-refractivity contribution in [1.82, 2.24) is 10.3 Å². The lowest BCUT2D eigenvalue weighted by Crippen LogP contribution is -2.21. The number of nitrogens with one attached hydrogen (secondary N) is 1. The first-order chi connectivity index (χ1) is 11.8. The number of methoxy groups -OCH3 is 1. The molecule has 3 aromatic rings. The Morgan fingerprint density at radius 1 is 1.17 bits per heavy atom. The van der Waals surface area contributed by atoms with Crippen molar-refractivity contribution in [2.75, 3.05) is 13.7 Å². The van der Waals surface area contributed by atoms with Gasteiger partial charge in [0.15, 0.2) is 0 Å². The summed E-state index contributed by atoms with van der Waals surface area (Å²) in [7, 11) is 1.62. The highest BCUT2D eigenvalue weighted by Crippen LogP contribution is 2.23. The molecule has 0 amide bonds. The van der Waals surface area contributed by atoms with Crippen LogP contribution in [0.5, 0.6) is 5.75 Å². The molecular formula is C19H20N2O2S. The molecule has 0 fully saturated rings. The Labute approximate surface area is 145 Å². The van der Waals surface area contributed by atoms with Gasteiger partial charge in [-0.15, -0.1) is 11.3 Å². The lowest BCUT2D eigenvalue weighted by Gasteiger charge is -2.12. The summed E-state index contributed by atoms with van der Waals surface area (Å²) in [6.07, 6.45) is -0.577. The summed E-state index contributed by atoms with van der Waals surface area (Å²) in [6, 6.07) is 17.6. The van der Waals surface area contributed by atoms with Gasteiger partial charge in [0.2, 0.25) is 0 Å². The van der Waals surface area contributed by atoms with Gasteiger partial charge in [-0.2, -0.15) is 0 Å². The van der Waals surface area contributed by atoms with E-state index in [4.69, 9.17) is 4.74 Å². The van der Waals surface area contributed by atoms with Crippen molar-refractivity contribution >= 4 is 11.3 Å². The first kappa shape index (κ1) is 16.6. The molecule has 0 saturated heterocycles. The van der Waals surface area contributed by atoms with Crippen LogP contribution in [0.3, 0.4) is 0 Å². The third-order valence-corrected chi connectivity index (χ3v) is 4.64. The maximum atomic E-state index is 10.3. The smallest absolute Gasteiger partial charge is 0.123 e. The Kier molecular flexibility index (Phi) is 5.59. The van der Waals surface area contributed by atoms with Crippen molar-refractivity contribution in [3.8, 4) is 16.3 Å². The van der Waals surface area contributed by atoms with Gasteiger partial charge in [-0.1, -0.05) is 42.5 Å². The lowest BCUT2D eigenvalue weighted by molar-refractivity contribution is 0.174. The summed E-state index contributed by atoms with van der Waals surface area (Å²) >= 11 is 1.63. The molecule has 1 heterocycles. The maximum Gasteiger partial charge on any atom is 0.123 e. The molecule has 124 valence electrons. The van der Waals surface area contributed by atoms with E-state index in [2.05, 4.69) is 22.4 Å². The van der Waals surface area contributed by atoms with E-state index in [1.807, 2.05) is 47.8 Å². The highest BCUT2D eigenvalue weighted by atomic mass is 32.1. The molecule has 1 atom stereocenters. The number of hydrogen-bond donors (Lipinski definition) is 2. The van der Waals surface area contributed by atoms with Gasteiger partial charge in [-0.25, -0.2) is 4.98 Å². The fraction of sp³-hybridized carbons (Fsp3) is 0.211. The summed E-state index contributed by atoms with van der Waals surface area (Å²) in [5.41, 5.74) is 2.95. The van der Waals surface area contributed by atoms with Gasteiger partial charge in [0.05, 0.1) is 18.9 Å². The molecule has 0 aliphatic rings. The van der Waals surface area contributed by atoms with Crippen molar-refractivity contribution < 1.29 is 9.84 Å². The van der Waals surface area contributed by atoms with E-state index in [1.54, 1.807) is 18.4 Å². The van der Waals surface area contributed by atoms with E-state index >= 15 is 0 Å². The van der Waals surface area contributed by atoms with Crippen LogP contribution in [-0.4, -0.2) is 23.7 Å². The van der Waals surface area contributed by atoms with E-state index in [-0.39, 0.29) is 0 Å². The van der Waals surface area contributed by atoms with Crippen molar-refractivity contribution in [1.29, 1.82) is 0 Å². The van der Waals surface area contributed by atoms with Crippen molar-refractivity contribution in [2.45, 2.75) is 12.6 Å². The van der Waals surface area contributed by atoms with Crippen molar-refractivity contribution in [3.63, 3.8) is 0 Å². The zero-order valence-corrected chi connectivity index (χ0v) is 14.3. The highest BCUT2D eigenvalue weighted by Gasteiger charge is 2.09. The topological polar surface area (TPSA) is 54.4 Å². The molecular weight excluding hydrogens is 320 g/mol. The fourth-order valence-electron chi connectivity index (χ4n) is 2.41. The Balaban J connectivity index is 1.54. The monoisotopic (exact) mass is 340 g/mol. The zero-order chi connectivity index (χ0) is 16.8. The number of aromatic nitrogens is 1. The largest absolute Gasteiger partial charge is 0.497 e. The number of ether oxygens (including phenoxy) is 1. The van der Waals surface area contributed by atoms with E-state index < -0.39 is 6.10 Å². The van der Waals surface area contributed by atoms with Gasteiger partial charge in [0.25, 0.3) is 0 Å². The minimum absolute atomic E-state index is 0.464. The third-order valence-electron chi connectivity index (χ3n) is 3.69. The van der Waals surface area contributed by atoms with Gasteiger partial charge in [-0.3, -0.25) is 0 Å².